The van der Waals surface area contributed by atoms with Crippen molar-refractivity contribution >= 4 is 39.1 Å². The predicted molar refractivity (Wildman–Crippen MR) is 48.6 cm³/mol. The SMILES string of the molecule is FC(F)(F)Oc1ncc(Cl)c(Br)c1Cl. The fraction of sp³-hybridized carbons (Fsp3) is 0.167. The molecule has 0 saturated carbocycles. The van der Waals surface area contributed by atoms with Crippen LogP contribution in [0.1, 0.15) is 0 Å². The first-order valence-electron chi connectivity index (χ1n) is 3.06. The molecule has 14 heavy (non-hydrogen) atoms. The Kier molecular flexibility index (Phi) is 3.49. The highest BCUT2D eigenvalue weighted by Gasteiger charge is 2.33. The summed E-state index contributed by atoms with van der Waals surface area (Å²) in [6.45, 7) is 0. The Morgan fingerprint density at radius 3 is 2.43 bits per heavy atom. The van der Waals surface area contributed by atoms with Crippen LogP contribution in [0.2, 0.25) is 10.0 Å². The van der Waals surface area contributed by atoms with Gasteiger partial charge in [0.2, 0.25) is 5.88 Å². The number of ether oxygens (including phenoxy) is 1. The lowest BCUT2D eigenvalue weighted by molar-refractivity contribution is -0.276. The molecule has 78 valence electrons. The fourth-order valence-corrected chi connectivity index (χ4v) is 1.26. The van der Waals surface area contributed by atoms with Gasteiger partial charge in [-0.25, -0.2) is 4.98 Å². The molecule has 0 unspecified atom stereocenters. The average Bonchev–Trinajstić information content (AvgIpc) is 2.04. The van der Waals surface area contributed by atoms with Crippen molar-refractivity contribution < 1.29 is 17.9 Å². The largest absolute Gasteiger partial charge is 0.574 e. The maximum atomic E-state index is 11.8. The van der Waals surface area contributed by atoms with Gasteiger partial charge in [0, 0.05) is 0 Å². The van der Waals surface area contributed by atoms with Crippen molar-refractivity contribution in [1.29, 1.82) is 0 Å². The van der Waals surface area contributed by atoms with Gasteiger partial charge in [0.25, 0.3) is 0 Å². The number of halogens is 6. The standard InChI is InChI=1S/C6HBrCl2F3NO/c7-3-2(8)1-13-5(4(3)9)14-6(10,11)12/h1H. The van der Waals surface area contributed by atoms with Crippen LogP contribution in [0.3, 0.4) is 0 Å². The lowest BCUT2D eigenvalue weighted by atomic mass is 10.5. The summed E-state index contributed by atoms with van der Waals surface area (Å²) < 4.78 is 39.0. The maximum absolute atomic E-state index is 11.8. The van der Waals surface area contributed by atoms with Crippen LogP contribution in [-0.2, 0) is 0 Å². The van der Waals surface area contributed by atoms with Crippen molar-refractivity contribution in [1.82, 2.24) is 4.98 Å². The topological polar surface area (TPSA) is 22.1 Å². The first kappa shape index (κ1) is 11.9. The van der Waals surface area contributed by atoms with Crippen LogP contribution < -0.4 is 4.74 Å². The van der Waals surface area contributed by atoms with Gasteiger partial charge in [0.15, 0.2) is 0 Å². The summed E-state index contributed by atoms with van der Waals surface area (Å²) in [5.41, 5.74) is 0. The van der Waals surface area contributed by atoms with E-state index in [9.17, 15) is 13.2 Å². The van der Waals surface area contributed by atoms with Gasteiger partial charge in [-0.3, -0.25) is 0 Å². The first-order valence-corrected chi connectivity index (χ1v) is 4.61. The minimum atomic E-state index is -4.83. The van der Waals surface area contributed by atoms with E-state index in [1.54, 1.807) is 0 Å². The Morgan fingerprint density at radius 2 is 1.93 bits per heavy atom. The van der Waals surface area contributed by atoms with Gasteiger partial charge in [-0.1, -0.05) is 23.2 Å². The van der Waals surface area contributed by atoms with E-state index in [1.165, 1.54) is 0 Å². The second-order valence-corrected chi connectivity index (χ2v) is 3.67. The van der Waals surface area contributed by atoms with Gasteiger partial charge in [0.05, 0.1) is 15.7 Å². The summed E-state index contributed by atoms with van der Waals surface area (Å²) in [4.78, 5) is 3.29. The van der Waals surface area contributed by atoms with Crippen LogP contribution in [0.4, 0.5) is 13.2 Å². The van der Waals surface area contributed by atoms with Crippen molar-refractivity contribution in [2.45, 2.75) is 6.36 Å². The molecule has 0 N–H and O–H groups in total. The number of pyridine rings is 1. The zero-order valence-electron chi connectivity index (χ0n) is 6.20. The number of hydrogen-bond acceptors (Lipinski definition) is 2. The molecule has 0 aromatic carbocycles. The minimum Gasteiger partial charge on any atom is -0.386 e. The van der Waals surface area contributed by atoms with Gasteiger partial charge in [-0.15, -0.1) is 13.2 Å². The predicted octanol–water partition coefficient (Wildman–Crippen LogP) is 4.05. The second kappa shape index (κ2) is 4.12. The fourth-order valence-electron chi connectivity index (χ4n) is 0.608. The average molecular weight is 311 g/mol. The Labute approximate surface area is 95.1 Å². The van der Waals surface area contributed by atoms with E-state index >= 15 is 0 Å². The molecule has 8 heteroatoms. The highest BCUT2D eigenvalue weighted by atomic mass is 79.9. The van der Waals surface area contributed by atoms with E-state index in [0.717, 1.165) is 6.20 Å². The van der Waals surface area contributed by atoms with Crippen molar-refractivity contribution in [2.75, 3.05) is 0 Å². The quantitative estimate of drug-likeness (QED) is 0.780. The summed E-state index contributed by atoms with van der Waals surface area (Å²) in [7, 11) is 0. The molecule has 0 aliphatic heterocycles. The van der Waals surface area contributed by atoms with Gasteiger partial charge in [-0.05, 0) is 15.9 Å². The van der Waals surface area contributed by atoms with Gasteiger partial charge in [-0.2, -0.15) is 0 Å². The molecule has 0 bridgehead atoms. The summed E-state index contributed by atoms with van der Waals surface area (Å²) in [5, 5.41) is -0.223. The summed E-state index contributed by atoms with van der Waals surface area (Å²) >= 11 is 13.9. The van der Waals surface area contributed by atoms with Gasteiger partial charge >= 0.3 is 6.36 Å². The van der Waals surface area contributed by atoms with Crippen LogP contribution in [0.15, 0.2) is 10.7 Å². The van der Waals surface area contributed by atoms with Crippen LogP contribution in [0.5, 0.6) is 5.88 Å². The van der Waals surface area contributed by atoms with Gasteiger partial charge < -0.3 is 4.74 Å². The molecule has 0 radical (unpaired) electrons. The zero-order valence-corrected chi connectivity index (χ0v) is 9.30. The third kappa shape index (κ3) is 2.90. The second-order valence-electron chi connectivity index (χ2n) is 2.09. The molecule has 0 fully saturated rings. The number of aromatic nitrogens is 1. The summed E-state index contributed by atoms with van der Waals surface area (Å²) in [6.07, 6.45) is -3.83. The Bertz CT molecular complexity index is 358. The molecule has 0 aliphatic rings. The van der Waals surface area contributed by atoms with E-state index in [4.69, 9.17) is 23.2 Å². The highest BCUT2D eigenvalue weighted by molar-refractivity contribution is 9.10. The van der Waals surface area contributed by atoms with E-state index in [1.807, 2.05) is 0 Å². The van der Waals surface area contributed by atoms with E-state index < -0.39 is 12.2 Å². The number of nitrogens with zero attached hydrogens (tertiary/aromatic N) is 1. The maximum Gasteiger partial charge on any atom is 0.574 e. The molecule has 0 spiro atoms. The van der Waals surface area contributed by atoms with Crippen LogP contribution in [-0.4, -0.2) is 11.3 Å². The molecule has 1 heterocycles. The van der Waals surface area contributed by atoms with Crippen molar-refractivity contribution in [3.63, 3.8) is 0 Å². The molecule has 0 atom stereocenters. The van der Waals surface area contributed by atoms with Crippen molar-refractivity contribution in [3.05, 3.63) is 20.7 Å². The summed E-state index contributed by atoms with van der Waals surface area (Å²) in [6, 6.07) is 0. The van der Waals surface area contributed by atoms with E-state index in [2.05, 4.69) is 25.7 Å². The highest BCUT2D eigenvalue weighted by Crippen LogP contribution is 2.37. The third-order valence-corrected chi connectivity index (χ3v) is 3.02. The summed E-state index contributed by atoms with van der Waals surface area (Å²) in [5.74, 6) is -0.740. The molecular formula is C6HBrCl2F3NO. The number of rotatable bonds is 1. The molecule has 1 aromatic rings. The lowest BCUT2D eigenvalue weighted by Gasteiger charge is -2.10. The number of alkyl halides is 3. The third-order valence-electron chi connectivity index (χ3n) is 1.10. The van der Waals surface area contributed by atoms with E-state index in [0.29, 0.717) is 0 Å². The first-order chi connectivity index (χ1) is 6.31. The molecule has 0 amide bonds. The smallest absolute Gasteiger partial charge is 0.386 e. The zero-order chi connectivity index (χ0) is 10.9. The molecule has 0 aliphatic carbocycles. The molecule has 2 nitrogen and oxygen atoms in total. The monoisotopic (exact) mass is 309 g/mol. The molecule has 0 saturated heterocycles. The van der Waals surface area contributed by atoms with Crippen molar-refractivity contribution in [2.24, 2.45) is 0 Å². The lowest BCUT2D eigenvalue weighted by Crippen LogP contribution is -2.18. The van der Waals surface area contributed by atoms with Crippen LogP contribution in [0, 0.1) is 0 Å². The molecule has 1 rings (SSSR count). The Morgan fingerprint density at radius 1 is 1.36 bits per heavy atom. The van der Waals surface area contributed by atoms with Gasteiger partial charge in [0.1, 0.15) is 5.02 Å². The molecular weight excluding hydrogens is 310 g/mol. The van der Waals surface area contributed by atoms with Crippen LogP contribution >= 0.6 is 39.1 Å². The van der Waals surface area contributed by atoms with Crippen LogP contribution in [0.25, 0.3) is 0 Å². The minimum absolute atomic E-state index is 0.101. The normalized spacial score (nSPS) is 11.6. The van der Waals surface area contributed by atoms with E-state index in [-0.39, 0.29) is 14.5 Å². The Balaban J connectivity index is 3.06. The Hall–Kier alpha value is -0.200. The number of hydrogen-bond donors (Lipinski definition) is 0. The molecule has 1 aromatic heterocycles. The van der Waals surface area contributed by atoms with Crippen molar-refractivity contribution in [3.8, 4) is 5.88 Å².